The summed E-state index contributed by atoms with van der Waals surface area (Å²) in [6.07, 6.45) is 6.52. The van der Waals surface area contributed by atoms with E-state index in [4.69, 9.17) is 0 Å². The molecule has 25 heavy (non-hydrogen) atoms. The van der Waals surface area contributed by atoms with Crippen LogP contribution in [0.3, 0.4) is 0 Å². The van der Waals surface area contributed by atoms with E-state index in [1.807, 2.05) is 30.3 Å². The molecule has 0 atom stereocenters. The summed E-state index contributed by atoms with van der Waals surface area (Å²) in [5, 5.41) is 2.43. The maximum Gasteiger partial charge on any atom is 0.248 e. The van der Waals surface area contributed by atoms with Crippen molar-refractivity contribution in [3.05, 3.63) is 66.2 Å². The van der Waals surface area contributed by atoms with E-state index >= 15 is 0 Å². The fourth-order valence-electron chi connectivity index (χ4n) is 3.06. The molecule has 0 heterocycles. The quantitative estimate of drug-likeness (QED) is 0.823. The van der Waals surface area contributed by atoms with E-state index in [1.165, 1.54) is 6.08 Å². The van der Waals surface area contributed by atoms with Crippen LogP contribution in [0.4, 0.5) is 5.69 Å². The second kappa shape index (κ2) is 7.66. The minimum atomic E-state index is -3.32. The van der Waals surface area contributed by atoms with Gasteiger partial charge in [-0.25, -0.2) is 8.42 Å². The average molecular weight is 355 g/mol. The molecule has 130 valence electrons. The summed E-state index contributed by atoms with van der Waals surface area (Å²) in [5.74, 6) is -0.292. The molecule has 0 aliphatic heterocycles. The first kappa shape index (κ1) is 17.4. The maximum absolute atomic E-state index is 12.7. The lowest BCUT2D eigenvalue weighted by molar-refractivity contribution is -0.111. The van der Waals surface area contributed by atoms with Crippen molar-refractivity contribution in [1.82, 2.24) is 0 Å². The van der Waals surface area contributed by atoms with Crippen LogP contribution in [0.5, 0.6) is 0 Å². The summed E-state index contributed by atoms with van der Waals surface area (Å²) in [6.45, 7) is 0. The largest absolute Gasteiger partial charge is 0.322 e. The molecule has 2 aromatic rings. The van der Waals surface area contributed by atoms with E-state index in [0.29, 0.717) is 5.69 Å². The predicted molar refractivity (Wildman–Crippen MR) is 100.0 cm³/mol. The lowest BCUT2D eigenvalue weighted by Crippen LogP contribution is -2.18. The number of sulfone groups is 1. The Labute approximate surface area is 148 Å². The number of hydrogen-bond donors (Lipinski definition) is 1. The Hall–Kier alpha value is -2.40. The molecular weight excluding hydrogens is 334 g/mol. The van der Waals surface area contributed by atoms with Crippen molar-refractivity contribution < 1.29 is 13.2 Å². The van der Waals surface area contributed by atoms with Gasteiger partial charge in [0.1, 0.15) is 0 Å². The highest BCUT2D eigenvalue weighted by molar-refractivity contribution is 7.92. The van der Waals surface area contributed by atoms with Crippen molar-refractivity contribution in [2.75, 3.05) is 5.32 Å². The zero-order valence-electron chi connectivity index (χ0n) is 13.9. The van der Waals surface area contributed by atoms with E-state index < -0.39 is 9.84 Å². The number of carbonyl (C=O) groups excluding carboxylic acids is 1. The third-order valence-corrected chi connectivity index (χ3v) is 6.66. The van der Waals surface area contributed by atoms with E-state index in [9.17, 15) is 13.2 Å². The molecule has 4 nitrogen and oxygen atoms in total. The standard InChI is InChI=1S/C20H21NO3S/c22-20(14-13-16-7-2-1-3-8-16)21-17-9-6-12-19(15-17)25(23,24)18-10-4-5-11-18/h1-3,6-9,12-15,18H,4-5,10-11H2,(H,21,22). The molecule has 3 rings (SSSR count). The first-order chi connectivity index (χ1) is 12.1. The summed E-state index contributed by atoms with van der Waals surface area (Å²) in [5.41, 5.74) is 1.41. The summed E-state index contributed by atoms with van der Waals surface area (Å²) < 4.78 is 25.3. The number of rotatable bonds is 5. The second-order valence-electron chi connectivity index (χ2n) is 6.21. The van der Waals surface area contributed by atoms with Crippen molar-refractivity contribution in [2.24, 2.45) is 0 Å². The Balaban J connectivity index is 1.71. The summed E-state index contributed by atoms with van der Waals surface area (Å²) in [7, 11) is -3.32. The minimum Gasteiger partial charge on any atom is -0.322 e. The van der Waals surface area contributed by atoms with Gasteiger partial charge in [0, 0.05) is 11.8 Å². The van der Waals surface area contributed by atoms with Gasteiger partial charge < -0.3 is 5.32 Å². The van der Waals surface area contributed by atoms with Crippen LogP contribution in [0.2, 0.25) is 0 Å². The summed E-state index contributed by atoms with van der Waals surface area (Å²) in [4.78, 5) is 12.3. The van der Waals surface area contributed by atoms with Crippen molar-refractivity contribution in [1.29, 1.82) is 0 Å². The molecule has 1 fully saturated rings. The highest BCUT2D eigenvalue weighted by atomic mass is 32.2. The molecule has 1 amide bonds. The Kier molecular flexibility index (Phi) is 5.34. The molecule has 5 heteroatoms. The van der Waals surface area contributed by atoms with Crippen LogP contribution in [0.1, 0.15) is 31.2 Å². The molecule has 1 aliphatic rings. The Bertz CT molecular complexity index is 867. The average Bonchev–Trinajstić information content (AvgIpc) is 3.17. The highest BCUT2D eigenvalue weighted by Crippen LogP contribution is 2.30. The number of benzene rings is 2. The minimum absolute atomic E-state index is 0.282. The topological polar surface area (TPSA) is 63.2 Å². The van der Waals surface area contributed by atoms with Crippen LogP contribution in [0.15, 0.2) is 65.6 Å². The zero-order valence-corrected chi connectivity index (χ0v) is 14.7. The van der Waals surface area contributed by atoms with Gasteiger partial charge in [-0.05, 0) is 42.7 Å². The van der Waals surface area contributed by atoms with Gasteiger partial charge in [0.2, 0.25) is 5.91 Å². The van der Waals surface area contributed by atoms with Gasteiger partial charge in [0.15, 0.2) is 9.84 Å². The second-order valence-corrected chi connectivity index (χ2v) is 8.44. The van der Waals surface area contributed by atoms with Crippen LogP contribution < -0.4 is 5.32 Å². The van der Waals surface area contributed by atoms with Gasteiger partial charge in [-0.2, -0.15) is 0 Å². The van der Waals surface area contributed by atoms with Crippen molar-refractivity contribution in [2.45, 2.75) is 35.8 Å². The van der Waals surface area contributed by atoms with Crippen LogP contribution in [0, 0.1) is 0 Å². The third kappa shape index (κ3) is 4.37. The first-order valence-electron chi connectivity index (χ1n) is 8.44. The summed E-state index contributed by atoms with van der Waals surface area (Å²) in [6, 6.07) is 16.0. The third-order valence-electron chi connectivity index (χ3n) is 4.40. The fourth-order valence-corrected chi connectivity index (χ4v) is 4.96. The van der Waals surface area contributed by atoms with E-state index in [2.05, 4.69) is 5.32 Å². The number of nitrogens with one attached hydrogen (secondary N) is 1. The van der Waals surface area contributed by atoms with Gasteiger partial charge >= 0.3 is 0 Å². The molecule has 0 aromatic heterocycles. The molecule has 0 unspecified atom stereocenters. The van der Waals surface area contributed by atoms with E-state index in [0.717, 1.165) is 31.2 Å². The maximum atomic E-state index is 12.7. The Morgan fingerprint density at radius 1 is 1.00 bits per heavy atom. The van der Waals surface area contributed by atoms with E-state index in [1.54, 1.807) is 30.3 Å². The fraction of sp³-hybridized carbons (Fsp3) is 0.250. The molecule has 0 saturated heterocycles. The van der Waals surface area contributed by atoms with E-state index in [-0.39, 0.29) is 16.1 Å². The number of carbonyl (C=O) groups is 1. The normalized spacial score (nSPS) is 15.5. The van der Waals surface area contributed by atoms with Gasteiger partial charge in [0.25, 0.3) is 0 Å². The van der Waals surface area contributed by atoms with Gasteiger partial charge in [-0.3, -0.25) is 4.79 Å². The Morgan fingerprint density at radius 2 is 1.72 bits per heavy atom. The van der Waals surface area contributed by atoms with Gasteiger partial charge in [-0.1, -0.05) is 49.2 Å². The number of anilines is 1. The van der Waals surface area contributed by atoms with Crippen molar-refractivity contribution >= 4 is 27.5 Å². The van der Waals surface area contributed by atoms with Crippen LogP contribution in [-0.2, 0) is 14.6 Å². The molecule has 1 N–H and O–H groups in total. The molecule has 0 spiro atoms. The first-order valence-corrected chi connectivity index (χ1v) is 9.98. The summed E-state index contributed by atoms with van der Waals surface area (Å²) >= 11 is 0. The van der Waals surface area contributed by atoms with Crippen molar-refractivity contribution in [3.63, 3.8) is 0 Å². The molecule has 2 aromatic carbocycles. The molecule has 0 bridgehead atoms. The number of amides is 1. The number of hydrogen-bond acceptors (Lipinski definition) is 3. The molecule has 1 saturated carbocycles. The monoisotopic (exact) mass is 355 g/mol. The SMILES string of the molecule is O=C(C=Cc1ccccc1)Nc1cccc(S(=O)(=O)C2CCCC2)c1. The van der Waals surface area contributed by atoms with Crippen LogP contribution >= 0.6 is 0 Å². The smallest absolute Gasteiger partial charge is 0.248 e. The van der Waals surface area contributed by atoms with Gasteiger partial charge in [-0.15, -0.1) is 0 Å². The Morgan fingerprint density at radius 3 is 2.44 bits per heavy atom. The van der Waals surface area contributed by atoms with Crippen molar-refractivity contribution in [3.8, 4) is 0 Å². The molecular formula is C20H21NO3S. The van der Waals surface area contributed by atoms with Gasteiger partial charge in [0.05, 0.1) is 10.1 Å². The molecule has 0 radical (unpaired) electrons. The lowest BCUT2D eigenvalue weighted by Gasteiger charge is -2.12. The zero-order chi connectivity index (χ0) is 17.7. The lowest BCUT2D eigenvalue weighted by atomic mass is 10.2. The van der Waals surface area contributed by atoms with Crippen LogP contribution in [-0.4, -0.2) is 19.6 Å². The van der Waals surface area contributed by atoms with Crippen LogP contribution in [0.25, 0.3) is 6.08 Å². The highest BCUT2D eigenvalue weighted by Gasteiger charge is 2.30. The molecule has 1 aliphatic carbocycles. The predicted octanol–water partition coefficient (Wildman–Crippen LogP) is 4.05.